The lowest BCUT2D eigenvalue weighted by atomic mass is 9.72. The van der Waals surface area contributed by atoms with E-state index in [1.165, 1.54) is 44.2 Å². The summed E-state index contributed by atoms with van der Waals surface area (Å²) in [7, 11) is 2.02. The van der Waals surface area contributed by atoms with Crippen molar-refractivity contribution in [2.24, 2.45) is 18.9 Å². The minimum Gasteiger partial charge on any atom is -0.314 e. The summed E-state index contributed by atoms with van der Waals surface area (Å²) < 4.78 is 1.94. The lowest BCUT2D eigenvalue weighted by molar-refractivity contribution is 0.241. The highest BCUT2D eigenvalue weighted by Crippen LogP contribution is 2.40. The summed E-state index contributed by atoms with van der Waals surface area (Å²) in [6.07, 6.45) is 11.2. The molecule has 3 unspecified atom stereocenters. The number of rotatable bonds is 4. The van der Waals surface area contributed by atoms with E-state index in [9.17, 15) is 0 Å². The Morgan fingerprint density at radius 2 is 2.17 bits per heavy atom. The number of nitrogens with zero attached hydrogens (tertiary/aromatic N) is 2. The third kappa shape index (κ3) is 2.77. The Morgan fingerprint density at radius 3 is 2.83 bits per heavy atom. The van der Waals surface area contributed by atoms with Crippen LogP contribution in [0, 0.1) is 11.8 Å². The van der Waals surface area contributed by atoms with Crippen LogP contribution in [0.4, 0.5) is 0 Å². The summed E-state index contributed by atoms with van der Waals surface area (Å²) in [4.78, 5) is 0. The smallest absolute Gasteiger partial charge is 0.0524 e. The van der Waals surface area contributed by atoms with E-state index in [0.717, 1.165) is 17.9 Å². The fraction of sp³-hybridized carbons (Fsp3) is 0.800. The van der Waals surface area contributed by atoms with Gasteiger partial charge in [0.2, 0.25) is 0 Å². The topological polar surface area (TPSA) is 29.9 Å². The molecule has 2 aliphatic rings. The molecule has 0 bridgehead atoms. The Balaban J connectivity index is 1.68. The first kappa shape index (κ1) is 12.2. The zero-order valence-corrected chi connectivity index (χ0v) is 11.6. The monoisotopic (exact) mass is 247 g/mol. The maximum Gasteiger partial charge on any atom is 0.0524 e. The summed E-state index contributed by atoms with van der Waals surface area (Å²) in [6, 6.07) is 0.832. The van der Waals surface area contributed by atoms with Crippen LogP contribution in [-0.4, -0.2) is 22.4 Å². The average Bonchev–Trinajstić information content (AvgIpc) is 3.09. The first-order chi connectivity index (χ1) is 8.72. The second-order valence-corrected chi connectivity index (χ2v) is 6.41. The van der Waals surface area contributed by atoms with Crippen LogP contribution in [0.15, 0.2) is 12.4 Å². The van der Waals surface area contributed by atoms with E-state index in [2.05, 4.69) is 29.7 Å². The Labute approximate surface area is 110 Å². The van der Waals surface area contributed by atoms with Crippen molar-refractivity contribution in [3.8, 4) is 0 Å². The molecular weight excluding hydrogens is 222 g/mol. The molecule has 18 heavy (non-hydrogen) atoms. The van der Waals surface area contributed by atoms with Gasteiger partial charge in [0.05, 0.1) is 6.20 Å². The fourth-order valence-electron chi connectivity index (χ4n) is 3.33. The van der Waals surface area contributed by atoms with Gasteiger partial charge in [0, 0.05) is 19.3 Å². The van der Waals surface area contributed by atoms with Crippen molar-refractivity contribution in [1.82, 2.24) is 15.1 Å². The lowest BCUT2D eigenvalue weighted by Crippen LogP contribution is -2.32. The lowest BCUT2D eigenvalue weighted by Gasteiger charge is -2.34. The Bertz CT molecular complexity index is 394. The highest BCUT2D eigenvalue weighted by Gasteiger charge is 2.32. The molecule has 3 nitrogen and oxygen atoms in total. The SMILES string of the molecule is CC1CCC(CNC2CC2)C(c2cnn(C)c2)C1. The second-order valence-electron chi connectivity index (χ2n) is 6.41. The van der Waals surface area contributed by atoms with Gasteiger partial charge < -0.3 is 5.32 Å². The van der Waals surface area contributed by atoms with Crippen LogP contribution in [-0.2, 0) is 7.05 Å². The first-order valence-electron chi connectivity index (χ1n) is 7.44. The molecule has 2 aliphatic carbocycles. The van der Waals surface area contributed by atoms with Crippen molar-refractivity contribution < 1.29 is 0 Å². The number of hydrogen-bond donors (Lipinski definition) is 1. The third-order valence-electron chi connectivity index (χ3n) is 4.65. The molecule has 3 atom stereocenters. The molecule has 0 saturated heterocycles. The zero-order valence-electron chi connectivity index (χ0n) is 11.6. The van der Waals surface area contributed by atoms with E-state index in [1.54, 1.807) is 0 Å². The molecule has 1 heterocycles. The summed E-state index contributed by atoms with van der Waals surface area (Å²) in [6.45, 7) is 3.60. The van der Waals surface area contributed by atoms with E-state index < -0.39 is 0 Å². The van der Waals surface area contributed by atoms with Crippen LogP contribution >= 0.6 is 0 Å². The van der Waals surface area contributed by atoms with Crippen molar-refractivity contribution in [2.75, 3.05) is 6.54 Å². The molecule has 3 rings (SSSR count). The molecule has 1 aromatic heterocycles. The highest BCUT2D eigenvalue weighted by molar-refractivity contribution is 5.14. The summed E-state index contributed by atoms with van der Waals surface area (Å²) in [5.74, 6) is 2.40. The summed E-state index contributed by atoms with van der Waals surface area (Å²) in [5.41, 5.74) is 1.45. The minimum atomic E-state index is 0.716. The minimum absolute atomic E-state index is 0.716. The van der Waals surface area contributed by atoms with E-state index in [0.29, 0.717) is 5.92 Å². The molecule has 0 spiro atoms. The maximum absolute atomic E-state index is 4.36. The van der Waals surface area contributed by atoms with Gasteiger partial charge in [0.25, 0.3) is 0 Å². The molecule has 3 heteroatoms. The number of hydrogen-bond acceptors (Lipinski definition) is 2. The van der Waals surface area contributed by atoms with Gasteiger partial charge in [-0.05, 0) is 55.5 Å². The number of nitrogens with one attached hydrogen (secondary N) is 1. The van der Waals surface area contributed by atoms with Gasteiger partial charge in [-0.25, -0.2) is 0 Å². The molecule has 1 aromatic rings. The first-order valence-corrected chi connectivity index (χ1v) is 7.44. The Morgan fingerprint density at radius 1 is 1.33 bits per heavy atom. The van der Waals surface area contributed by atoms with Gasteiger partial charge in [-0.15, -0.1) is 0 Å². The standard InChI is InChI=1S/C15H25N3/c1-11-3-4-12(8-16-14-5-6-14)15(7-11)13-9-17-18(2)10-13/h9-12,14-16H,3-8H2,1-2H3. The third-order valence-corrected chi connectivity index (χ3v) is 4.65. The van der Waals surface area contributed by atoms with E-state index in [1.807, 2.05) is 11.7 Å². The number of aromatic nitrogens is 2. The van der Waals surface area contributed by atoms with Crippen LogP contribution in [0.5, 0.6) is 0 Å². The van der Waals surface area contributed by atoms with Gasteiger partial charge in [-0.1, -0.05) is 13.3 Å². The van der Waals surface area contributed by atoms with E-state index in [-0.39, 0.29) is 0 Å². The molecule has 0 aromatic carbocycles. The molecule has 0 amide bonds. The van der Waals surface area contributed by atoms with Crippen molar-refractivity contribution in [1.29, 1.82) is 0 Å². The quantitative estimate of drug-likeness (QED) is 0.886. The van der Waals surface area contributed by atoms with Crippen molar-refractivity contribution in [3.05, 3.63) is 18.0 Å². The van der Waals surface area contributed by atoms with Crippen LogP contribution in [0.3, 0.4) is 0 Å². The molecule has 2 fully saturated rings. The van der Waals surface area contributed by atoms with E-state index >= 15 is 0 Å². The molecular formula is C15H25N3. The zero-order chi connectivity index (χ0) is 12.5. The van der Waals surface area contributed by atoms with Gasteiger partial charge in [-0.2, -0.15) is 5.10 Å². The van der Waals surface area contributed by atoms with Crippen LogP contribution < -0.4 is 5.32 Å². The highest BCUT2D eigenvalue weighted by atomic mass is 15.2. The van der Waals surface area contributed by atoms with Gasteiger partial charge in [-0.3, -0.25) is 4.68 Å². The Hall–Kier alpha value is -0.830. The molecule has 2 saturated carbocycles. The normalized spacial score (nSPS) is 32.7. The largest absolute Gasteiger partial charge is 0.314 e. The summed E-state index contributed by atoms with van der Waals surface area (Å²) >= 11 is 0. The second kappa shape index (κ2) is 5.04. The van der Waals surface area contributed by atoms with Crippen LogP contribution in [0.2, 0.25) is 0 Å². The maximum atomic E-state index is 4.36. The van der Waals surface area contributed by atoms with Crippen LogP contribution in [0.25, 0.3) is 0 Å². The van der Waals surface area contributed by atoms with Crippen molar-refractivity contribution in [3.63, 3.8) is 0 Å². The van der Waals surface area contributed by atoms with E-state index in [4.69, 9.17) is 0 Å². The molecule has 0 radical (unpaired) electrons. The predicted octanol–water partition coefficient (Wildman–Crippen LogP) is 2.69. The van der Waals surface area contributed by atoms with Gasteiger partial charge in [0.15, 0.2) is 0 Å². The van der Waals surface area contributed by atoms with Crippen LogP contribution in [0.1, 0.15) is 50.5 Å². The Kier molecular flexibility index (Phi) is 3.42. The van der Waals surface area contributed by atoms with Crippen molar-refractivity contribution in [2.45, 2.75) is 51.0 Å². The fourth-order valence-corrected chi connectivity index (χ4v) is 3.33. The molecule has 100 valence electrons. The number of aryl methyl sites for hydroxylation is 1. The average molecular weight is 247 g/mol. The summed E-state index contributed by atoms with van der Waals surface area (Å²) in [5, 5.41) is 8.08. The van der Waals surface area contributed by atoms with Gasteiger partial charge in [0.1, 0.15) is 0 Å². The predicted molar refractivity (Wildman–Crippen MR) is 73.5 cm³/mol. The molecule has 1 N–H and O–H groups in total. The van der Waals surface area contributed by atoms with Gasteiger partial charge >= 0.3 is 0 Å². The van der Waals surface area contributed by atoms with Crippen molar-refractivity contribution >= 4 is 0 Å². The molecule has 0 aliphatic heterocycles.